The van der Waals surface area contributed by atoms with Gasteiger partial charge in [-0.3, -0.25) is 4.79 Å². The second-order valence-electron chi connectivity index (χ2n) is 4.53. The average molecular weight is 285 g/mol. The van der Waals surface area contributed by atoms with Gasteiger partial charge in [-0.25, -0.2) is 4.39 Å². The molecule has 0 aliphatic rings. The summed E-state index contributed by atoms with van der Waals surface area (Å²) in [5, 5.41) is 12.4. The number of aliphatic hydroxyl groups excluding tert-OH is 1. The molecule has 0 bridgehead atoms. The van der Waals surface area contributed by atoms with Crippen LogP contribution in [0, 0.1) is 5.82 Å². The monoisotopic (exact) mass is 285 g/mol. The fourth-order valence-corrected chi connectivity index (χ4v) is 1.85. The highest BCUT2D eigenvalue weighted by molar-refractivity contribution is 5.91. The Kier molecular flexibility index (Phi) is 5.23. The van der Waals surface area contributed by atoms with Gasteiger partial charge in [-0.15, -0.1) is 0 Å². The van der Waals surface area contributed by atoms with Crippen LogP contribution in [0.25, 0.3) is 6.08 Å². The Morgan fingerprint density at radius 1 is 1.14 bits per heavy atom. The molecule has 0 radical (unpaired) electrons. The van der Waals surface area contributed by atoms with Gasteiger partial charge >= 0.3 is 0 Å². The minimum absolute atomic E-state index is 0.0428. The van der Waals surface area contributed by atoms with Crippen molar-refractivity contribution in [2.24, 2.45) is 0 Å². The van der Waals surface area contributed by atoms with E-state index < -0.39 is 11.9 Å². The maximum Gasteiger partial charge on any atom is 0.244 e. The average Bonchev–Trinajstić information content (AvgIpc) is 2.52. The summed E-state index contributed by atoms with van der Waals surface area (Å²) in [7, 11) is 0. The fourth-order valence-electron chi connectivity index (χ4n) is 1.85. The molecule has 3 nitrogen and oxygen atoms in total. The van der Waals surface area contributed by atoms with E-state index in [1.807, 2.05) is 30.3 Å². The minimum atomic E-state index is -1.07. The summed E-state index contributed by atoms with van der Waals surface area (Å²) in [4.78, 5) is 11.6. The Balaban J connectivity index is 1.87. The molecule has 2 aromatic rings. The topological polar surface area (TPSA) is 49.3 Å². The van der Waals surface area contributed by atoms with Crippen molar-refractivity contribution in [3.8, 4) is 0 Å². The van der Waals surface area contributed by atoms with E-state index in [-0.39, 0.29) is 18.0 Å². The Morgan fingerprint density at radius 3 is 2.52 bits per heavy atom. The second-order valence-corrected chi connectivity index (χ2v) is 4.53. The number of benzene rings is 2. The van der Waals surface area contributed by atoms with Crippen LogP contribution in [-0.2, 0) is 4.79 Å². The molecule has 1 atom stereocenters. The number of halogens is 1. The van der Waals surface area contributed by atoms with Crippen LogP contribution >= 0.6 is 0 Å². The Bertz CT molecular complexity index is 626. The summed E-state index contributed by atoms with van der Waals surface area (Å²) in [6.45, 7) is -0.0428. The highest BCUT2D eigenvalue weighted by atomic mass is 19.1. The van der Waals surface area contributed by atoms with Crippen LogP contribution in [0.3, 0.4) is 0 Å². The maximum absolute atomic E-state index is 13.4. The lowest BCUT2D eigenvalue weighted by Gasteiger charge is -2.12. The summed E-state index contributed by atoms with van der Waals surface area (Å²) >= 11 is 0. The normalized spacial score (nSPS) is 12.3. The summed E-state index contributed by atoms with van der Waals surface area (Å²) in [5.41, 5.74) is 1.08. The van der Waals surface area contributed by atoms with Gasteiger partial charge in [0.25, 0.3) is 0 Å². The molecular weight excluding hydrogens is 269 g/mol. The summed E-state index contributed by atoms with van der Waals surface area (Å²) in [6.07, 6.45) is 1.98. The molecule has 0 aromatic heterocycles. The molecular formula is C17H16FNO2. The summed E-state index contributed by atoms with van der Waals surface area (Å²) < 4.78 is 13.4. The van der Waals surface area contributed by atoms with Crippen LogP contribution in [0.4, 0.5) is 4.39 Å². The molecule has 0 aliphatic heterocycles. The predicted octanol–water partition coefficient (Wildman–Crippen LogP) is 2.69. The van der Waals surface area contributed by atoms with Gasteiger partial charge in [-0.05, 0) is 17.7 Å². The van der Waals surface area contributed by atoms with Crippen molar-refractivity contribution in [3.63, 3.8) is 0 Å². The van der Waals surface area contributed by atoms with Crippen LogP contribution < -0.4 is 5.32 Å². The number of hydrogen-bond acceptors (Lipinski definition) is 2. The Hall–Kier alpha value is -2.46. The first-order chi connectivity index (χ1) is 10.2. The van der Waals surface area contributed by atoms with Crippen LogP contribution in [0.2, 0.25) is 0 Å². The van der Waals surface area contributed by atoms with Gasteiger partial charge in [-0.1, -0.05) is 48.5 Å². The molecule has 0 fully saturated rings. The third-order valence-corrected chi connectivity index (χ3v) is 2.96. The van der Waals surface area contributed by atoms with Gasteiger partial charge in [0.15, 0.2) is 0 Å². The number of nitrogens with one attached hydrogen (secondary N) is 1. The predicted molar refractivity (Wildman–Crippen MR) is 79.8 cm³/mol. The van der Waals surface area contributed by atoms with Crippen molar-refractivity contribution < 1.29 is 14.3 Å². The van der Waals surface area contributed by atoms with Crippen molar-refractivity contribution in [1.29, 1.82) is 0 Å². The minimum Gasteiger partial charge on any atom is -0.386 e. The lowest BCUT2D eigenvalue weighted by molar-refractivity contribution is -0.116. The first-order valence-corrected chi connectivity index (χ1v) is 6.60. The molecule has 21 heavy (non-hydrogen) atoms. The van der Waals surface area contributed by atoms with Gasteiger partial charge in [0.05, 0.1) is 6.10 Å². The third-order valence-electron chi connectivity index (χ3n) is 2.96. The van der Waals surface area contributed by atoms with Crippen LogP contribution in [0.15, 0.2) is 60.7 Å². The Labute approximate surface area is 122 Å². The van der Waals surface area contributed by atoms with Gasteiger partial charge in [0, 0.05) is 18.2 Å². The van der Waals surface area contributed by atoms with Gasteiger partial charge < -0.3 is 10.4 Å². The molecule has 0 heterocycles. The van der Waals surface area contributed by atoms with E-state index in [1.165, 1.54) is 18.2 Å². The molecule has 1 unspecified atom stereocenters. The van der Waals surface area contributed by atoms with Crippen LogP contribution in [-0.4, -0.2) is 17.6 Å². The van der Waals surface area contributed by atoms with E-state index in [1.54, 1.807) is 18.2 Å². The highest BCUT2D eigenvalue weighted by Crippen LogP contribution is 2.15. The number of amides is 1. The summed E-state index contributed by atoms with van der Waals surface area (Å²) in [5.74, 6) is -0.826. The lowest BCUT2D eigenvalue weighted by Crippen LogP contribution is -2.27. The number of aliphatic hydroxyl groups is 1. The number of hydrogen-bond donors (Lipinski definition) is 2. The van der Waals surface area contributed by atoms with E-state index in [0.717, 1.165) is 5.56 Å². The van der Waals surface area contributed by atoms with Gasteiger partial charge in [0.2, 0.25) is 5.91 Å². The molecule has 1 amide bonds. The molecule has 0 spiro atoms. The SMILES string of the molecule is O=C(/C=C/c1ccccc1)NCC(O)c1ccccc1F. The van der Waals surface area contributed by atoms with Crippen molar-refractivity contribution in [3.05, 3.63) is 77.6 Å². The molecule has 2 N–H and O–H groups in total. The second kappa shape index (κ2) is 7.36. The molecule has 2 rings (SSSR count). The van der Waals surface area contributed by atoms with Crippen molar-refractivity contribution in [2.45, 2.75) is 6.10 Å². The van der Waals surface area contributed by atoms with Crippen LogP contribution in [0.1, 0.15) is 17.2 Å². The Morgan fingerprint density at radius 2 is 1.81 bits per heavy atom. The first kappa shape index (κ1) is 14.9. The number of rotatable bonds is 5. The first-order valence-electron chi connectivity index (χ1n) is 6.60. The summed E-state index contributed by atoms with van der Waals surface area (Å²) in [6, 6.07) is 15.3. The van der Waals surface area contributed by atoms with Crippen LogP contribution in [0.5, 0.6) is 0 Å². The number of carbonyl (C=O) groups excluding carboxylic acids is 1. The van der Waals surface area contributed by atoms with E-state index in [0.29, 0.717) is 0 Å². The van der Waals surface area contributed by atoms with E-state index in [9.17, 15) is 14.3 Å². The van der Waals surface area contributed by atoms with E-state index in [4.69, 9.17) is 0 Å². The van der Waals surface area contributed by atoms with Crippen molar-refractivity contribution in [2.75, 3.05) is 6.54 Å². The molecule has 0 aliphatic carbocycles. The molecule has 0 saturated heterocycles. The molecule has 4 heteroatoms. The van der Waals surface area contributed by atoms with Crippen molar-refractivity contribution in [1.82, 2.24) is 5.32 Å². The fraction of sp³-hybridized carbons (Fsp3) is 0.118. The number of carbonyl (C=O) groups is 1. The smallest absolute Gasteiger partial charge is 0.244 e. The van der Waals surface area contributed by atoms with Crippen molar-refractivity contribution >= 4 is 12.0 Å². The van der Waals surface area contributed by atoms with E-state index in [2.05, 4.69) is 5.32 Å². The quantitative estimate of drug-likeness (QED) is 0.830. The largest absolute Gasteiger partial charge is 0.386 e. The lowest BCUT2D eigenvalue weighted by atomic mass is 10.1. The zero-order chi connectivity index (χ0) is 15.1. The van der Waals surface area contributed by atoms with Gasteiger partial charge in [0.1, 0.15) is 5.82 Å². The maximum atomic E-state index is 13.4. The molecule has 2 aromatic carbocycles. The van der Waals surface area contributed by atoms with Gasteiger partial charge in [-0.2, -0.15) is 0 Å². The third kappa shape index (κ3) is 4.54. The standard InChI is InChI=1S/C17H16FNO2/c18-15-9-5-4-8-14(15)16(20)12-19-17(21)11-10-13-6-2-1-3-7-13/h1-11,16,20H,12H2,(H,19,21)/b11-10+. The zero-order valence-corrected chi connectivity index (χ0v) is 11.4. The van der Waals surface area contributed by atoms with E-state index >= 15 is 0 Å². The molecule has 0 saturated carbocycles. The zero-order valence-electron chi connectivity index (χ0n) is 11.4. The highest BCUT2D eigenvalue weighted by Gasteiger charge is 2.12. The molecule has 108 valence electrons.